The van der Waals surface area contributed by atoms with Gasteiger partial charge >= 0.3 is 0 Å². The highest BCUT2D eigenvalue weighted by molar-refractivity contribution is 7.69. The molecule has 0 aromatic carbocycles. The van der Waals surface area contributed by atoms with Gasteiger partial charge in [-0.25, -0.2) is 12.8 Å². The fourth-order valence-electron chi connectivity index (χ4n) is 2.21. The van der Waals surface area contributed by atoms with Crippen molar-refractivity contribution in [3.8, 4) is 0 Å². The Morgan fingerprint density at radius 3 is 2.70 bits per heavy atom. The molecular weight excluding hydrogens is 309 g/mol. The maximum atomic E-state index is 13.3. The van der Waals surface area contributed by atoms with Crippen LogP contribution in [0.3, 0.4) is 0 Å². The summed E-state index contributed by atoms with van der Waals surface area (Å²) < 4.78 is 38.4. The van der Waals surface area contributed by atoms with Gasteiger partial charge in [-0.05, 0) is 13.5 Å². The number of hydrogen-bond acceptors (Lipinski definition) is 5. The zero-order valence-electron chi connectivity index (χ0n) is 11.3. The summed E-state index contributed by atoms with van der Waals surface area (Å²) >= 11 is 0. The highest BCUT2D eigenvalue weighted by atomic mass is 35.5. The molecule has 0 aliphatic carbocycles. The quantitative estimate of drug-likeness (QED) is 0.590. The first-order valence-corrected chi connectivity index (χ1v) is 7.10. The summed E-state index contributed by atoms with van der Waals surface area (Å²) in [5.74, 6) is 0. The number of halogens is 2. The van der Waals surface area contributed by atoms with Crippen LogP contribution in [0.1, 0.15) is 6.42 Å². The minimum absolute atomic E-state index is 0. The van der Waals surface area contributed by atoms with Gasteiger partial charge in [0.2, 0.25) is 10.9 Å². The highest BCUT2D eigenvalue weighted by Gasteiger charge is 2.31. The Morgan fingerprint density at radius 2 is 2.25 bits per heavy atom. The van der Waals surface area contributed by atoms with Crippen LogP contribution >= 0.6 is 12.4 Å². The Balaban J connectivity index is 0.00000200. The summed E-state index contributed by atoms with van der Waals surface area (Å²) in [6.07, 6.45) is 2.66. The molecule has 0 saturated carbocycles. The maximum Gasteiger partial charge on any atom is 0.220 e. The van der Waals surface area contributed by atoms with Crippen LogP contribution in [0.25, 0.3) is 0 Å². The Morgan fingerprint density at radius 1 is 1.55 bits per heavy atom. The van der Waals surface area contributed by atoms with Crippen molar-refractivity contribution in [3.63, 3.8) is 0 Å². The van der Waals surface area contributed by atoms with Crippen LogP contribution in [0.5, 0.6) is 0 Å². The van der Waals surface area contributed by atoms with E-state index < -0.39 is 17.1 Å². The molecule has 1 saturated heterocycles. The first-order valence-electron chi connectivity index (χ1n) is 5.97. The number of hydrazine groups is 1. The summed E-state index contributed by atoms with van der Waals surface area (Å²) in [4.78, 5) is 1.83. The molecule has 1 aliphatic rings. The van der Waals surface area contributed by atoms with Gasteiger partial charge in [-0.3, -0.25) is 9.58 Å². The number of nitrogens with zero attached hydrogens (tertiary/aromatic N) is 4. The minimum atomic E-state index is -2.79. The lowest BCUT2D eigenvalue weighted by molar-refractivity contribution is 0.268. The molecule has 1 aliphatic heterocycles. The molecule has 1 aromatic rings. The van der Waals surface area contributed by atoms with E-state index in [1.165, 1.54) is 6.20 Å². The molecule has 20 heavy (non-hydrogen) atoms. The molecule has 2 atom stereocenters. The number of nitrogens with one attached hydrogen (secondary N) is 1. The van der Waals surface area contributed by atoms with Gasteiger partial charge in [0.15, 0.2) is 0 Å². The Kier molecular flexibility index (Phi) is 6.18. The third-order valence-corrected chi connectivity index (χ3v) is 3.84. The summed E-state index contributed by atoms with van der Waals surface area (Å²) in [7, 11) is 0.746. The number of anilines is 1. The second kappa shape index (κ2) is 7.21. The van der Waals surface area contributed by atoms with E-state index >= 15 is 0 Å². The lowest BCUT2D eigenvalue weighted by Crippen LogP contribution is -2.40. The first kappa shape index (κ1) is 17.2. The predicted octanol–water partition coefficient (Wildman–Crippen LogP) is 0.0394. The average Bonchev–Trinajstić information content (AvgIpc) is 2.85. The molecule has 0 bridgehead atoms. The molecule has 0 unspecified atom stereocenters. The molecule has 1 aromatic heterocycles. The van der Waals surface area contributed by atoms with Gasteiger partial charge < -0.3 is 5.43 Å². The SMILES string of the molecule is CN1C[C@H](F)C[C@H]1CN(Nc1cnn(C)c1)[SH](=O)=O.Cl. The highest BCUT2D eigenvalue weighted by Crippen LogP contribution is 2.19. The van der Waals surface area contributed by atoms with Gasteiger partial charge in [0.05, 0.1) is 11.9 Å². The van der Waals surface area contributed by atoms with Crippen molar-refractivity contribution in [1.82, 2.24) is 19.1 Å². The van der Waals surface area contributed by atoms with Gasteiger partial charge in [-0.1, -0.05) is 0 Å². The van der Waals surface area contributed by atoms with E-state index in [1.54, 1.807) is 25.0 Å². The van der Waals surface area contributed by atoms with E-state index in [0.29, 0.717) is 18.7 Å². The van der Waals surface area contributed by atoms with Crippen LogP contribution in [0.2, 0.25) is 0 Å². The predicted molar refractivity (Wildman–Crippen MR) is 77.0 cm³/mol. The van der Waals surface area contributed by atoms with Gasteiger partial charge in [-0.2, -0.15) is 5.10 Å². The molecule has 2 rings (SSSR count). The minimum Gasteiger partial charge on any atom is -0.303 e. The largest absolute Gasteiger partial charge is 0.303 e. The smallest absolute Gasteiger partial charge is 0.220 e. The maximum absolute atomic E-state index is 13.3. The van der Waals surface area contributed by atoms with Crippen LogP contribution in [-0.4, -0.2) is 59.9 Å². The van der Waals surface area contributed by atoms with Crippen molar-refractivity contribution in [3.05, 3.63) is 12.4 Å². The van der Waals surface area contributed by atoms with Crippen molar-refractivity contribution in [1.29, 1.82) is 0 Å². The zero-order valence-corrected chi connectivity index (χ0v) is 13.0. The van der Waals surface area contributed by atoms with E-state index in [9.17, 15) is 12.8 Å². The van der Waals surface area contributed by atoms with Crippen LogP contribution in [0, 0.1) is 0 Å². The second-order valence-corrected chi connectivity index (χ2v) is 5.72. The van der Waals surface area contributed by atoms with Crippen LogP contribution in [-0.2, 0) is 17.9 Å². The number of thiol groups is 1. The zero-order chi connectivity index (χ0) is 14.0. The van der Waals surface area contributed by atoms with Crippen molar-refractivity contribution < 1.29 is 12.8 Å². The third-order valence-electron chi connectivity index (χ3n) is 3.18. The fourth-order valence-corrected chi connectivity index (χ4v) is 2.72. The number of alkyl halides is 1. The summed E-state index contributed by atoms with van der Waals surface area (Å²) in [6.45, 7) is 0.561. The Bertz CT molecular complexity index is 504. The molecule has 1 fully saturated rings. The number of likely N-dealkylation sites (tertiary alicyclic amines) is 1. The van der Waals surface area contributed by atoms with Crippen LogP contribution in [0.15, 0.2) is 12.4 Å². The molecule has 2 heterocycles. The van der Waals surface area contributed by atoms with Crippen LogP contribution < -0.4 is 5.43 Å². The van der Waals surface area contributed by atoms with E-state index in [4.69, 9.17) is 0 Å². The van der Waals surface area contributed by atoms with Gasteiger partial charge in [0.25, 0.3) is 0 Å². The number of rotatable bonds is 5. The normalized spacial score (nSPS) is 23.2. The Hall–Kier alpha value is -0.900. The van der Waals surface area contributed by atoms with Crippen molar-refractivity contribution in [2.75, 3.05) is 25.6 Å². The fraction of sp³-hybridized carbons (Fsp3) is 0.700. The van der Waals surface area contributed by atoms with E-state index in [0.717, 1.165) is 4.41 Å². The van der Waals surface area contributed by atoms with Gasteiger partial charge in [0.1, 0.15) is 6.17 Å². The van der Waals surface area contributed by atoms with Gasteiger partial charge in [-0.15, -0.1) is 16.8 Å². The number of hydrogen-bond donors (Lipinski definition) is 2. The molecular formula is C10H19ClFN5O2S. The molecule has 0 spiro atoms. The second-order valence-electron chi connectivity index (χ2n) is 4.76. The Labute approximate surface area is 125 Å². The van der Waals surface area contributed by atoms with Crippen molar-refractivity contribution in [2.24, 2.45) is 7.05 Å². The van der Waals surface area contributed by atoms with Crippen molar-refractivity contribution in [2.45, 2.75) is 18.6 Å². The molecule has 0 amide bonds. The standard InChI is InChI=1S/C10H18FN5O2S.ClH/c1-14-5-8(11)3-10(14)7-16(19(17)18)13-9-4-12-15(2)6-9;/h4,6,8,10,13,19H,3,5,7H2,1-2H3;1H/t8-,10+;/m1./s1. The van der Waals surface area contributed by atoms with E-state index in [1.807, 2.05) is 4.90 Å². The summed E-state index contributed by atoms with van der Waals surface area (Å²) in [5, 5.41) is 3.95. The summed E-state index contributed by atoms with van der Waals surface area (Å²) in [6, 6.07) is -0.118. The number of aryl methyl sites for hydroxylation is 1. The van der Waals surface area contributed by atoms with E-state index in [2.05, 4.69) is 10.5 Å². The number of aromatic nitrogens is 2. The molecule has 7 nitrogen and oxygen atoms in total. The topological polar surface area (TPSA) is 70.5 Å². The molecule has 1 N–H and O–H groups in total. The monoisotopic (exact) mass is 327 g/mol. The third kappa shape index (κ3) is 4.30. The van der Waals surface area contributed by atoms with Gasteiger partial charge in [0, 0.05) is 32.4 Å². The average molecular weight is 328 g/mol. The van der Waals surface area contributed by atoms with Crippen molar-refractivity contribution >= 4 is 29.0 Å². The number of likely N-dealkylation sites (N-methyl/N-ethyl adjacent to an activating group) is 1. The molecule has 0 radical (unpaired) electrons. The molecule has 116 valence electrons. The first-order chi connectivity index (χ1) is 8.95. The summed E-state index contributed by atoms with van der Waals surface area (Å²) in [5.41, 5.74) is 3.35. The lowest BCUT2D eigenvalue weighted by Gasteiger charge is -2.24. The van der Waals surface area contributed by atoms with E-state index in [-0.39, 0.29) is 25.0 Å². The van der Waals surface area contributed by atoms with Crippen LogP contribution in [0.4, 0.5) is 10.1 Å². The lowest BCUT2D eigenvalue weighted by atomic mass is 10.2. The molecule has 10 heteroatoms.